The zero-order valence-corrected chi connectivity index (χ0v) is 12.6. The fourth-order valence-corrected chi connectivity index (χ4v) is 2.70. The molecule has 1 unspecified atom stereocenters. The molecule has 1 aliphatic rings. The third-order valence-corrected chi connectivity index (χ3v) is 4.03. The summed E-state index contributed by atoms with van der Waals surface area (Å²) in [5.41, 5.74) is 0.780. The zero-order valence-electron chi connectivity index (χ0n) is 12.6. The summed E-state index contributed by atoms with van der Waals surface area (Å²) in [6.07, 6.45) is 0. The molecule has 0 spiro atoms. The predicted molar refractivity (Wildman–Crippen MR) is 84.0 cm³/mol. The van der Waals surface area contributed by atoms with E-state index in [0.29, 0.717) is 11.1 Å². The minimum absolute atomic E-state index is 0.221. The molecule has 2 aromatic rings. The number of carbonyl (C=O) groups is 2. The number of nitrogens with one attached hydrogen (secondary N) is 1. The molecule has 2 aromatic carbocycles. The Balaban J connectivity index is 1.92. The van der Waals surface area contributed by atoms with E-state index in [2.05, 4.69) is 5.32 Å². The molecule has 23 heavy (non-hydrogen) atoms. The summed E-state index contributed by atoms with van der Waals surface area (Å²) in [5, 5.41) is 11.8. The van der Waals surface area contributed by atoms with Gasteiger partial charge in [0.25, 0.3) is 5.91 Å². The van der Waals surface area contributed by atoms with Gasteiger partial charge in [0.05, 0.1) is 18.2 Å². The molecule has 0 aromatic heterocycles. The third kappa shape index (κ3) is 2.55. The van der Waals surface area contributed by atoms with Crippen molar-refractivity contribution in [3.63, 3.8) is 0 Å². The highest BCUT2D eigenvalue weighted by Crippen LogP contribution is 2.30. The maximum absolute atomic E-state index is 12.8. The van der Waals surface area contributed by atoms with Gasteiger partial charge in [-0.25, -0.2) is 4.79 Å². The summed E-state index contributed by atoms with van der Waals surface area (Å²) >= 11 is 0. The quantitative estimate of drug-likeness (QED) is 0.886. The maximum Gasteiger partial charge on any atom is 0.325 e. The second-order valence-electron chi connectivity index (χ2n) is 5.62. The molecule has 0 radical (unpaired) electrons. The lowest BCUT2D eigenvalue weighted by Gasteiger charge is -2.22. The van der Waals surface area contributed by atoms with Gasteiger partial charge in [-0.2, -0.15) is 5.26 Å². The molecule has 3 rings (SSSR count). The second-order valence-corrected chi connectivity index (χ2v) is 5.62. The first-order valence-corrected chi connectivity index (χ1v) is 7.23. The normalized spacial score (nSPS) is 20.3. The SMILES string of the molecule is CC1(c2cccc(C#N)c2)NC(=O)N(Cc2ccccc2)C1=O. The number of rotatable bonds is 3. The van der Waals surface area contributed by atoms with E-state index in [4.69, 9.17) is 5.26 Å². The van der Waals surface area contributed by atoms with Gasteiger partial charge in [-0.1, -0.05) is 42.5 Å². The topological polar surface area (TPSA) is 73.2 Å². The summed E-state index contributed by atoms with van der Waals surface area (Å²) < 4.78 is 0. The summed E-state index contributed by atoms with van der Waals surface area (Å²) in [7, 11) is 0. The summed E-state index contributed by atoms with van der Waals surface area (Å²) in [6.45, 7) is 1.88. The number of nitriles is 1. The highest BCUT2D eigenvalue weighted by atomic mass is 16.2. The van der Waals surface area contributed by atoms with Crippen LogP contribution in [-0.2, 0) is 16.9 Å². The number of benzene rings is 2. The third-order valence-electron chi connectivity index (χ3n) is 4.03. The molecule has 3 amide bonds. The van der Waals surface area contributed by atoms with Crippen LogP contribution in [0.4, 0.5) is 4.79 Å². The fraction of sp³-hybridized carbons (Fsp3) is 0.167. The maximum atomic E-state index is 12.8. The average Bonchev–Trinajstić information content (AvgIpc) is 2.80. The Morgan fingerprint density at radius 2 is 1.87 bits per heavy atom. The molecule has 1 aliphatic heterocycles. The Kier molecular flexibility index (Phi) is 3.59. The molecular weight excluding hydrogens is 290 g/mol. The zero-order chi connectivity index (χ0) is 16.4. The molecular formula is C18H15N3O2. The molecule has 114 valence electrons. The van der Waals surface area contributed by atoms with Crippen LogP contribution in [0.25, 0.3) is 0 Å². The van der Waals surface area contributed by atoms with Crippen molar-refractivity contribution >= 4 is 11.9 Å². The number of carbonyl (C=O) groups excluding carboxylic acids is 2. The van der Waals surface area contributed by atoms with Gasteiger partial charge in [-0.3, -0.25) is 9.69 Å². The van der Waals surface area contributed by atoms with E-state index < -0.39 is 11.6 Å². The molecule has 0 bridgehead atoms. The van der Waals surface area contributed by atoms with Crippen molar-refractivity contribution in [1.82, 2.24) is 10.2 Å². The Bertz CT molecular complexity index is 811. The van der Waals surface area contributed by atoms with Crippen LogP contribution < -0.4 is 5.32 Å². The Labute approximate surface area is 134 Å². The molecule has 1 heterocycles. The van der Waals surface area contributed by atoms with Crippen LogP contribution in [0.15, 0.2) is 54.6 Å². The van der Waals surface area contributed by atoms with Crippen LogP contribution in [0.2, 0.25) is 0 Å². The van der Waals surface area contributed by atoms with Crippen LogP contribution in [0.1, 0.15) is 23.6 Å². The number of hydrogen-bond acceptors (Lipinski definition) is 3. The second kappa shape index (κ2) is 5.58. The Morgan fingerprint density at radius 1 is 1.13 bits per heavy atom. The van der Waals surface area contributed by atoms with Crippen molar-refractivity contribution < 1.29 is 9.59 Å². The van der Waals surface area contributed by atoms with Crippen molar-refractivity contribution in [2.24, 2.45) is 0 Å². The van der Waals surface area contributed by atoms with E-state index >= 15 is 0 Å². The van der Waals surface area contributed by atoms with Gasteiger partial charge in [0.15, 0.2) is 0 Å². The van der Waals surface area contributed by atoms with E-state index in [0.717, 1.165) is 5.56 Å². The minimum atomic E-state index is -1.15. The van der Waals surface area contributed by atoms with Gasteiger partial charge in [-0.05, 0) is 30.2 Å². The van der Waals surface area contributed by atoms with Gasteiger partial charge in [-0.15, -0.1) is 0 Å². The van der Waals surface area contributed by atoms with E-state index in [-0.39, 0.29) is 12.5 Å². The highest BCUT2D eigenvalue weighted by Gasteiger charge is 2.48. The number of nitrogens with zero attached hydrogens (tertiary/aromatic N) is 2. The van der Waals surface area contributed by atoms with Gasteiger partial charge in [0.2, 0.25) is 0 Å². The number of amides is 3. The van der Waals surface area contributed by atoms with Crippen LogP contribution in [0, 0.1) is 11.3 Å². The molecule has 1 atom stereocenters. The van der Waals surface area contributed by atoms with E-state index in [1.165, 1.54) is 4.90 Å². The van der Waals surface area contributed by atoms with E-state index in [1.807, 2.05) is 36.4 Å². The van der Waals surface area contributed by atoms with Crippen molar-refractivity contribution in [2.45, 2.75) is 19.0 Å². The van der Waals surface area contributed by atoms with Crippen LogP contribution in [-0.4, -0.2) is 16.8 Å². The molecule has 5 heteroatoms. The van der Waals surface area contributed by atoms with Gasteiger partial charge < -0.3 is 5.32 Å². The first-order chi connectivity index (χ1) is 11.0. The monoisotopic (exact) mass is 305 g/mol. The fourth-order valence-electron chi connectivity index (χ4n) is 2.70. The Hall–Kier alpha value is -3.13. The largest absolute Gasteiger partial charge is 0.325 e. The first-order valence-electron chi connectivity index (χ1n) is 7.23. The lowest BCUT2D eigenvalue weighted by atomic mass is 9.91. The Morgan fingerprint density at radius 3 is 2.57 bits per heavy atom. The standard InChI is InChI=1S/C18H15N3O2/c1-18(15-9-5-8-14(10-15)11-19)16(22)21(17(23)20-18)12-13-6-3-2-4-7-13/h2-10H,12H2,1H3,(H,20,23). The first kappa shape index (κ1) is 14.8. The number of imide groups is 1. The minimum Gasteiger partial charge on any atom is -0.319 e. The van der Waals surface area contributed by atoms with Crippen molar-refractivity contribution in [2.75, 3.05) is 0 Å². The highest BCUT2D eigenvalue weighted by molar-refractivity contribution is 6.07. The van der Waals surface area contributed by atoms with Gasteiger partial charge in [0, 0.05) is 0 Å². The predicted octanol–water partition coefficient (Wildman–Crippen LogP) is 2.53. The number of urea groups is 1. The molecule has 1 saturated heterocycles. The van der Waals surface area contributed by atoms with Crippen molar-refractivity contribution in [3.8, 4) is 6.07 Å². The van der Waals surface area contributed by atoms with Crippen LogP contribution in [0.5, 0.6) is 0 Å². The van der Waals surface area contributed by atoms with E-state index in [1.54, 1.807) is 31.2 Å². The average molecular weight is 305 g/mol. The smallest absolute Gasteiger partial charge is 0.319 e. The lowest BCUT2D eigenvalue weighted by molar-refractivity contribution is -0.131. The van der Waals surface area contributed by atoms with Crippen molar-refractivity contribution in [3.05, 3.63) is 71.3 Å². The molecule has 0 saturated carbocycles. The summed E-state index contributed by atoms with van der Waals surface area (Å²) in [4.78, 5) is 26.3. The molecule has 1 fully saturated rings. The molecule has 0 aliphatic carbocycles. The van der Waals surface area contributed by atoms with E-state index in [9.17, 15) is 9.59 Å². The summed E-state index contributed by atoms with van der Waals surface area (Å²) in [5.74, 6) is -0.318. The molecule has 5 nitrogen and oxygen atoms in total. The van der Waals surface area contributed by atoms with Gasteiger partial charge >= 0.3 is 6.03 Å². The summed E-state index contributed by atoms with van der Waals surface area (Å²) in [6, 6.07) is 17.7. The van der Waals surface area contributed by atoms with Crippen LogP contribution >= 0.6 is 0 Å². The van der Waals surface area contributed by atoms with Crippen molar-refractivity contribution in [1.29, 1.82) is 5.26 Å². The lowest BCUT2D eigenvalue weighted by Crippen LogP contribution is -2.40. The van der Waals surface area contributed by atoms with Gasteiger partial charge in [0.1, 0.15) is 5.54 Å². The molecule has 1 N–H and O–H groups in total. The van der Waals surface area contributed by atoms with Crippen LogP contribution in [0.3, 0.4) is 0 Å². The number of hydrogen-bond donors (Lipinski definition) is 1.